The van der Waals surface area contributed by atoms with Gasteiger partial charge in [-0.05, 0) is 38.5 Å². The monoisotopic (exact) mass is 285 g/mol. The van der Waals surface area contributed by atoms with Gasteiger partial charge in [-0.3, -0.25) is 9.59 Å². The molecular weight excluding hydrogens is 258 g/mol. The minimum absolute atomic E-state index is 0.0413. The van der Waals surface area contributed by atoms with E-state index < -0.39 is 5.97 Å². The molecule has 0 aromatic carbocycles. The second kappa shape index (κ2) is 8.95. The highest BCUT2D eigenvalue weighted by molar-refractivity contribution is 5.77. The maximum absolute atomic E-state index is 12.0. The van der Waals surface area contributed by atoms with Crippen LogP contribution < -0.4 is 0 Å². The quantitative estimate of drug-likeness (QED) is 0.743. The molecule has 0 saturated heterocycles. The van der Waals surface area contributed by atoms with Gasteiger partial charge in [0.25, 0.3) is 0 Å². The number of hydrogen-bond acceptors (Lipinski definition) is 3. The first-order valence-electron chi connectivity index (χ1n) is 7.70. The van der Waals surface area contributed by atoms with E-state index in [1.807, 2.05) is 4.90 Å². The number of carbonyl (C=O) groups is 2. The minimum atomic E-state index is -0.711. The Morgan fingerprint density at radius 2 is 1.65 bits per heavy atom. The van der Waals surface area contributed by atoms with E-state index >= 15 is 0 Å². The van der Waals surface area contributed by atoms with Crippen molar-refractivity contribution >= 4 is 11.9 Å². The summed E-state index contributed by atoms with van der Waals surface area (Å²) >= 11 is 0. The average Bonchev–Trinajstić information content (AvgIpc) is 2.45. The maximum Gasteiger partial charge on any atom is 0.306 e. The summed E-state index contributed by atoms with van der Waals surface area (Å²) in [6.45, 7) is 5.81. The zero-order valence-electron chi connectivity index (χ0n) is 12.6. The molecule has 5 nitrogen and oxygen atoms in total. The fraction of sp³-hybridized carbons (Fsp3) is 0.867. The Morgan fingerprint density at radius 3 is 2.10 bits per heavy atom. The van der Waals surface area contributed by atoms with Crippen molar-refractivity contribution in [3.05, 3.63) is 0 Å². The third-order valence-corrected chi connectivity index (χ3v) is 3.81. The van der Waals surface area contributed by atoms with E-state index in [0.29, 0.717) is 12.8 Å². The molecule has 0 bridgehead atoms. The van der Waals surface area contributed by atoms with Crippen LogP contribution in [0.15, 0.2) is 0 Å². The van der Waals surface area contributed by atoms with Gasteiger partial charge >= 0.3 is 5.97 Å². The highest BCUT2D eigenvalue weighted by Gasteiger charge is 2.27. The maximum atomic E-state index is 12.0. The first kappa shape index (κ1) is 17.0. The lowest BCUT2D eigenvalue weighted by Crippen LogP contribution is -2.37. The Morgan fingerprint density at radius 1 is 1.10 bits per heavy atom. The van der Waals surface area contributed by atoms with Crippen molar-refractivity contribution in [2.24, 2.45) is 5.92 Å². The standard InChI is InChI=1S/C15H27NO4/c1-3-9-16(10-4-2)14(17)11-20-13-7-5-12(6-8-13)15(18)19/h12-13H,3-11H2,1-2H3,(H,18,19). The number of amides is 1. The Hall–Kier alpha value is -1.10. The highest BCUT2D eigenvalue weighted by atomic mass is 16.5. The molecule has 0 aromatic heterocycles. The van der Waals surface area contributed by atoms with E-state index in [0.717, 1.165) is 38.8 Å². The van der Waals surface area contributed by atoms with Crippen molar-refractivity contribution in [3.63, 3.8) is 0 Å². The first-order valence-corrected chi connectivity index (χ1v) is 7.70. The van der Waals surface area contributed by atoms with Gasteiger partial charge in [0.15, 0.2) is 0 Å². The molecule has 0 radical (unpaired) electrons. The molecule has 0 aliphatic heterocycles. The van der Waals surface area contributed by atoms with Crippen LogP contribution in [-0.2, 0) is 14.3 Å². The van der Waals surface area contributed by atoms with Gasteiger partial charge in [-0.25, -0.2) is 0 Å². The molecule has 1 fully saturated rings. The zero-order chi connectivity index (χ0) is 15.0. The molecule has 0 atom stereocenters. The lowest BCUT2D eigenvalue weighted by molar-refractivity contribution is -0.146. The smallest absolute Gasteiger partial charge is 0.306 e. The molecule has 1 rings (SSSR count). The molecule has 20 heavy (non-hydrogen) atoms. The molecular formula is C15H27NO4. The van der Waals surface area contributed by atoms with E-state index in [2.05, 4.69) is 13.8 Å². The van der Waals surface area contributed by atoms with E-state index in [1.54, 1.807) is 0 Å². The van der Waals surface area contributed by atoms with Crippen molar-refractivity contribution < 1.29 is 19.4 Å². The summed E-state index contributed by atoms with van der Waals surface area (Å²) in [6.07, 6.45) is 4.74. The van der Waals surface area contributed by atoms with Crippen LogP contribution in [0.5, 0.6) is 0 Å². The van der Waals surface area contributed by atoms with Crippen molar-refractivity contribution in [1.82, 2.24) is 4.90 Å². The van der Waals surface area contributed by atoms with Crippen LogP contribution in [0.1, 0.15) is 52.4 Å². The summed E-state index contributed by atoms with van der Waals surface area (Å²) in [5.41, 5.74) is 0. The second-order valence-electron chi connectivity index (χ2n) is 5.50. The predicted octanol–water partition coefficient (Wildman–Crippen LogP) is 2.29. The zero-order valence-corrected chi connectivity index (χ0v) is 12.6. The Balaban J connectivity index is 2.29. The molecule has 0 unspecified atom stereocenters. The predicted molar refractivity (Wildman–Crippen MR) is 76.5 cm³/mol. The molecule has 1 aliphatic carbocycles. The summed E-state index contributed by atoms with van der Waals surface area (Å²) in [5.74, 6) is -0.895. The SMILES string of the molecule is CCCN(CCC)C(=O)COC1CCC(C(=O)O)CC1. The molecule has 1 N–H and O–H groups in total. The molecule has 1 aliphatic rings. The normalized spacial score (nSPS) is 22.5. The topological polar surface area (TPSA) is 66.8 Å². The third-order valence-electron chi connectivity index (χ3n) is 3.81. The van der Waals surface area contributed by atoms with Gasteiger partial charge in [-0.2, -0.15) is 0 Å². The number of carboxylic acids is 1. The number of aliphatic carboxylic acids is 1. The lowest BCUT2D eigenvalue weighted by atomic mass is 9.87. The van der Waals surface area contributed by atoms with Crippen LogP contribution in [0.2, 0.25) is 0 Å². The molecule has 1 amide bonds. The Kier molecular flexibility index (Phi) is 7.59. The molecule has 1 saturated carbocycles. The van der Waals surface area contributed by atoms with E-state index in [4.69, 9.17) is 9.84 Å². The first-order chi connectivity index (χ1) is 9.58. The van der Waals surface area contributed by atoms with Gasteiger partial charge in [0.2, 0.25) is 5.91 Å². The summed E-state index contributed by atoms with van der Waals surface area (Å²) in [7, 11) is 0. The van der Waals surface area contributed by atoms with Crippen LogP contribution in [0.4, 0.5) is 0 Å². The van der Waals surface area contributed by atoms with Gasteiger partial charge in [-0.1, -0.05) is 13.8 Å². The van der Waals surface area contributed by atoms with E-state index in [-0.39, 0.29) is 24.5 Å². The van der Waals surface area contributed by atoms with Gasteiger partial charge in [0.1, 0.15) is 6.61 Å². The van der Waals surface area contributed by atoms with Gasteiger partial charge in [0, 0.05) is 13.1 Å². The number of carboxylic acid groups (broad SMARTS) is 1. The summed E-state index contributed by atoms with van der Waals surface area (Å²) < 4.78 is 5.66. The molecule has 0 aromatic rings. The van der Waals surface area contributed by atoms with Gasteiger partial charge in [-0.15, -0.1) is 0 Å². The summed E-state index contributed by atoms with van der Waals surface area (Å²) in [6, 6.07) is 0. The Labute approximate surface area is 121 Å². The second-order valence-corrected chi connectivity index (χ2v) is 5.50. The average molecular weight is 285 g/mol. The molecule has 116 valence electrons. The third kappa shape index (κ3) is 5.49. The van der Waals surface area contributed by atoms with Crippen LogP contribution in [-0.4, -0.2) is 47.7 Å². The number of ether oxygens (including phenoxy) is 1. The molecule has 0 spiro atoms. The van der Waals surface area contributed by atoms with E-state index in [9.17, 15) is 9.59 Å². The summed E-state index contributed by atoms with van der Waals surface area (Å²) in [5, 5.41) is 8.93. The number of nitrogens with zero attached hydrogens (tertiary/aromatic N) is 1. The summed E-state index contributed by atoms with van der Waals surface area (Å²) in [4.78, 5) is 24.8. The Bertz CT molecular complexity index is 305. The van der Waals surface area contributed by atoms with Gasteiger partial charge < -0.3 is 14.7 Å². The molecule has 5 heteroatoms. The van der Waals surface area contributed by atoms with Crippen LogP contribution in [0, 0.1) is 5.92 Å². The number of rotatable bonds is 8. The molecule has 0 heterocycles. The van der Waals surface area contributed by atoms with E-state index in [1.165, 1.54) is 0 Å². The van der Waals surface area contributed by atoms with Gasteiger partial charge in [0.05, 0.1) is 12.0 Å². The largest absolute Gasteiger partial charge is 0.481 e. The highest BCUT2D eigenvalue weighted by Crippen LogP contribution is 2.26. The number of hydrogen-bond donors (Lipinski definition) is 1. The lowest BCUT2D eigenvalue weighted by Gasteiger charge is -2.27. The fourth-order valence-corrected chi connectivity index (χ4v) is 2.66. The van der Waals surface area contributed by atoms with Crippen molar-refractivity contribution in [3.8, 4) is 0 Å². The van der Waals surface area contributed by atoms with Crippen molar-refractivity contribution in [2.75, 3.05) is 19.7 Å². The number of carbonyl (C=O) groups excluding carboxylic acids is 1. The van der Waals surface area contributed by atoms with Crippen LogP contribution in [0.25, 0.3) is 0 Å². The minimum Gasteiger partial charge on any atom is -0.481 e. The fourth-order valence-electron chi connectivity index (χ4n) is 2.66. The van der Waals surface area contributed by atoms with Crippen LogP contribution in [0.3, 0.4) is 0 Å². The van der Waals surface area contributed by atoms with Crippen molar-refractivity contribution in [1.29, 1.82) is 0 Å². The van der Waals surface area contributed by atoms with Crippen molar-refractivity contribution in [2.45, 2.75) is 58.5 Å². The van der Waals surface area contributed by atoms with Crippen LogP contribution >= 0.6 is 0 Å².